The van der Waals surface area contributed by atoms with Crippen LogP contribution in [0.5, 0.6) is 5.75 Å². The molecule has 1 heterocycles. The normalized spacial score (nSPS) is 19.4. The standard InChI is InChI=1S/C23H25NO5S/c1-16-6-9-20(10-7-16)30(26,27)29-15-18-12-13-24(23(18)25)22-5-3-4-17-14-19(28-2)8-11-21(17)22/h3-11,14,18,23,25H,12-13,15H2,1-2H3. The zero-order valence-corrected chi connectivity index (χ0v) is 17.8. The van der Waals surface area contributed by atoms with Crippen LogP contribution in [0.2, 0.25) is 0 Å². The van der Waals surface area contributed by atoms with Crippen molar-refractivity contribution < 1.29 is 22.4 Å². The smallest absolute Gasteiger partial charge is 0.296 e. The third-order valence-electron chi connectivity index (χ3n) is 5.60. The van der Waals surface area contributed by atoms with E-state index in [4.69, 9.17) is 8.92 Å². The van der Waals surface area contributed by atoms with Gasteiger partial charge >= 0.3 is 0 Å². The Labute approximate surface area is 176 Å². The summed E-state index contributed by atoms with van der Waals surface area (Å²) in [6.45, 7) is 2.45. The zero-order chi connectivity index (χ0) is 21.3. The number of aryl methyl sites for hydroxylation is 1. The number of aliphatic hydroxyl groups is 1. The van der Waals surface area contributed by atoms with Crippen LogP contribution in [0, 0.1) is 12.8 Å². The highest BCUT2D eigenvalue weighted by Crippen LogP contribution is 2.35. The van der Waals surface area contributed by atoms with E-state index in [1.165, 1.54) is 12.1 Å². The number of methoxy groups -OCH3 is 1. The maximum Gasteiger partial charge on any atom is 0.296 e. The van der Waals surface area contributed by atoms with Crippen molar-refractivity contribution in [3.05, 3.63) is 66.2 Å². The number of hydrogen-bond acceptors (Lipinski definition) is 6. The fourth-order valence-electron chi connectivity index (χ4n) is 3.85. The molecule has 0 radical (unpaired) electrons. The Morgan fingerprint density at radius 1 is 1.10 bits per heavy atom. The molecule has 3 aromatic rings. The molecule has 1 N–H and O–H groups in total. The highest BCUT2D eigenvalue weighted by atomic mass is 32.2. The number of rotatable bonds is 6. The molecule has 2 atom stereocenters. The molecule has 30 heavy (non-hydrogen) atoms. The molecule has 1 aliphatic heterocycles. The van der Waals surface area contributed by atoms with Crippen LogP contribution < -0.4 is 9.64 Å². The zero-order valence-electron chi connectivity index (χ0n) is 17.0. The van der Waals surface area contributed by atoms with Gasteiger partial charge in [-0.15, -0.1) is 0 Å². The van der Waals surface area contributed by atoms with Crippen LogP contribution in [0.1, 0.15) is 12.0 Å². The molecule has 3 aromatic carbocycles. The quantitative estimate of drug-likeness (QED) is 0.605. The van der Waals surface area contributed by atoms with Crippen LogP contribution >= 0.6 is 0 Å². The summed E-state index contributed by atoms with van der Waals surface area (Å²) in [6.07, 6.45) is -0.192. The predicted molar refractivity (Wildman–Crippen MR) is 116 cm³/mol. The number of anilines is 1. The summed E-state index contributed by atoms with van der Waals surface area (Å²) in [6, 6.07) is 18.3. The van der Waals surface area contributed by atoms with Crippen LogP contribution in [0.15, 0.2) is 65.6 Å². The van der Waals surface area contributed by atoms with Gasteiger partial charge in [-0.1, -0.05) is 29.8 Å². The van der Waals surface area contributed by atoms with Gasteiger partial charge in [-0.25, -0.2) is 0 Å². The number of ether oxygens (including phenoxy) is 1. The minimum absolute atomic E-state index is 0.0630. The number of nitrogens with zero attached hydrogens (tertiary/aromatic N) is 1. The molecular weight excluding hydrogens is 402 g/mol. The molecule has 6 nitrogen and oxygen atoms in total. The van der Waals surface area contributed by atoms with Crippen molar-refractivity contribution >= 4 is 26.6 Å². The fraction of sp³-hybridized carbons (Fsp3) is 0.304. The molecular formula is C23H25NO5S. The maximum atomic E-state index is 12.5. The average molecular weight is 428 g/mol. The first-order valence-corrected chi connectivity index (χ1v) is 11.3. The van der Waals surface area contributed by atoms with Crippen molar-refractivity contribution in [2.75, 3.05) is 25.2 Å². The molecule has 1 aliphatic rings. The van der Waals surface area contributed by atoms with Crippen LogP contribution in [0.25, 0.3) is 10.8 Å². The molecule has 7 heteroatoms. The Hall–Kier alpha value is -2.61. The first-order valence-electron chi connectivity index (χ1n) is 9.86. The van der Waals surface area contributed by atoms with E-state index in [0.29, 0.717) is 13.0 Å². The molecule has 0 aromatic heterocycles. The molecule has 0 spiro atoms. The van der Waals surface area contributed by atoms with Crippen molar-refractivity contribution in [3.63, 3.8) is 0 Å². The summed E-state index contributed by atoms with van der Waals surface area (Å²) < 4.78 is 35.5. The van der Waals surface area contributed by atoms with E-state index in [9.17, 15) is 13.5 Å². The molecule has 0 aliphatic carbocycles. The predicted octanol–water partition coefficient (Wildman–Crippen LogP) is 3.71. The van der Waals surface area contributed by atoms with E-state index >= 15 is 0 Å². The maximum absolute atomic E-state index is 12.5. The Bertz CT molecular complexity index is 1140. The van der Waals surface area contributed by atoms with E-state index in [-0.39, 0.29) is 17.4 Å². The van der Waals surface area contributed by atoms with Crippen LogP contribution in [0.3, 0.4) is 0 Å². The van der Waals surface area contributed by atoms with Crippen molar-refractivity contribution in [1.82, 2.24) is 0 Å². The van der Waals surface area contributed by atoms with E-state index < -0.39 is 16.3 Å². The molecule has 0 amide bonds. The van der Waals surface area contributed by atoms with Crippen molar-refractivity contribution in [3.8, 4) is 5.75 Å². The van der Waals surface area contributed by atoms with E-state index in [1.54, 1.807) is 19.2 Å². The van der Waals surface area contributed by atoms with E-state index in [0.717, 1.165) is 27.8 Å². The molecule has 4 rings (SSSR count). The number of aliphatic hydroxyl groups excluding tert-OH is 1. The second-order valence-electron chi connectivity index (χ2n) is 7.57. The van der Waals surface area contributed by atoms with Gasteiger partial charge in [-0.05, 0) is 55.1 Å². The van der Waals surface area contributed by atoms with Gasteiger partial charge in [0.25, 0.3) is 10.1 Å². The molecule has 158 valence electrons. The van der Waals surface area contributed by atoms with Gasteiger partial charge < -0.3 is 14.7 Å². The van der Waals surface area contributed by atoms with E-state index in [2.05, 4.69) is 0 Å². The van der Waals surface area contributed by atoms with Crippen molar-refractivity contribution in [2.24, 2.45) is 5.92 Å². The first kappa shape index (κ1) is 20.7. The lowest BCUT2D eigenvalue weighted by molar-refractivity contribution is 0.102. The summed E-state index contributed by atoms with van der Waals surface area (Å²) in [5.41, 5.74) is 1.88. The first-order chi connectivity index (χ1) is 14.4. The summed E-state index contributed by atoms with van der Waals surface area (Å²) in [4.78, 5) is 2.03. The molecule has 0 bridgehead atoms. The van der Waals surface area contributed by atoms with Crippen molar-refractivity contribution in [1.29, 1.82) is 0 Å². The highest BCUT2D eigenvalue weighted by Gasteiger charge is 2.35. The van der Waals surface area contributed by atoms with Gasteiger partial charge in [-0.3, -0.25) is 4.18 Å². The van der Waals surface area contributed by atoms with Crippen molar-refractivity contribution in [2.45, 2.75) is 24.5 Å². The molecule has 1 fully saturated rings. The Kier molecular flexibility index (Phi) is 5.69. The van der Waals surface area contributed by atoms with Gasteiger partial charge in [0.2, 0.25) is 0 Å². The lowest BCUT2D eigenvalue weighted by atomic mass is 10.1. The Balaban J connectivity index is 1.50. The van der Waals surface area contributed by atoms with Gasteiger partial charge in [0, 0.05) is 23.5 Å². The molecule has 2 unspecified atom stereocenters. The number of hydrogen-bond donors (Lipinski definition) is 1. The monoisotopic (exact) mass is 427 g/mol. The Morgan fingerprint density at radius 2 is 1.87 bits per heavy atom. The third kappa shape index (κ3) is 4.01. The van der Waals surface area contributed by atoms with E-state index in [1.807, 2.05) is 48.2 Å². The second-order valence-corrected chi connectivity index (χ2v) is 9.19. The van der Waals surface area contributed by atoms with Gasteiger partial charge in [-0.2, -0.15) is 8.42 Å². The summed E-state index contributed by atoms with van der Waals surface area (Å²) in [5.74, 6) is 0.466. The SMILES string of the molecule is COc1ccc2c(N3CCC(COS(=O)(=O)c4ccc(C)cc4)C3O)cccc2c1. The number of benzene rings is 3. The van der Waals surface area contributed by atoms with Crippen LogP contribution in [-0.2, 0) is 14.3 Å². The highest BCUT2D eigenvalue weighted by molar-refractivity contribution is 7.86. The lowest BCUT2D eigenvalue weighted by Gasteiger charge is -2.26. The number of fused-ring (bicyclic) bond motifs is 1. The summed E-state index contributed by atoms with van der Waals surface area (Å²) in [5, 5.41) is 12.9. The van der Waals surface area contributed by atoms with Gasteiger partial charge in [0.1, 0.15) is 12.0 Å². The lowest BCUT2D eigenvalue weighted by Crippen LogP contribution is -2.34. The molecule has 1 saturated heterocycles. The minimum atomic E-state index is -3.86. The summed E-state index contributed by atoms with van der Waals surface area (Å²) in [7, 11) is -2.23. The van der Waals surface area contributed by atoms with Gasteiger partial charge in [0.15, 0.2) is 0 Å². The minimum Gasteiger partial charge on any atom is -0.497 e. The topological polar surface area (TPSA) is 76.1 Å². The third-order valence-corrected chi connectivity index (χ3v) is 6.90. The van der Waals surface area contributed by atoms with Crippen LogP contribution in [0.4, 0.5) is 5.69 Å². The largest absolute Gasteiger partial charge is 0.497 e. The Morgan fingerprint density at radius 3 is 2.60 bits per heavy atom. The second kappa shape index (κ2) is 8.26. The average Bonchev–Trinajstić information content (AvgIpc) is 3.12. The van der Waals surface area contributed by atoms with Gasteiger partial charge in [0.05, 0.1) is 18.6 Å². The molecule has 0 saturated carbocycles. The summed E-state index contributed by atoms with van der Waals surface area (Å²) >= 11 is 0. The van der Waals surface area contributed by atoms with Crippen LogP contribution in [-0.4, -0.2) is 40.0 Å². The fourth-order valence-corrected chi connectivity index (χ4v) is 4.80.